The number of hydrogen-bond donors (Lipinski definition) is 2. The first-order valence-corrected chi connectivity index (χ1v) is 3.54. The summed E-state index contributed by atoms with van der Waals surface area (Å²) in [5.41, 5.74) is 6.53. The summed E-state index contributed by atoms with van der Waals surface area (Å²) in [6.45, 7) is 0. The molecule has 0 aromatic rings. The molecule has 0 aliphatic carbocycles. The molecule has 0 rings (SSSR count). The van der Waals surface area contributed by atoms with Crippen molar-refractivity contribution in [2.45, 2.75) is 18.9 Å². The van der Waals surface area contributed by atoms with Crippen LogP contribution in [0, 0.1) is 34.1 Å². The van der Waals surface area contributed by atoms with Gasteiger partial charge in [0.05, 0.1) is 12.1 Å². The smallest absolute Gasteiger partial charge is 0.330 e. The molecule has 6 nitrogen and oxygen atoms in total. The van der Waals surface area contributed by atoms with Crippen LogP contribution in [0.2, 0.25) is 0 Å². The number of carboxylic acid groups (broad SMARTS) is 1. The lowest BCUT2D eigenvalue weighted by Gasteiger charge is -2.03. The average molecular weight is 180 g/mol. The minimum Gasteiger partial charge on any atom is -0.480 e. The van der Waals surface area contributed by atoms with Crippen molar-refractivity contribution in [2.24, 2.45) is 11.0 Å². The van der Waals surface area contributed by atoms with Gasteiger partial charge in [0.2, 0.25) is 0 Å². The maximum Gasteiger partial charge on any atom is 0.330 e. The van der Waals surface area contributed by atoms with E-state index in [2.05, 4.69) is 5.11 Å². The van der Waals surface area contributed by atoms with Crippen molar-refractivity contribution in [1.82, 2.24) is 0 Å². The third-order valence-electron chi connectivity index (χ3n) is 1.48. The van der Waals surface area contributed by atoms with Gasteiger partial charge in [0.1, 0.15) is 5.92 Å². The summed E-state index contributed by atoms with van der Waals surface area (Å²) in [5.74, 6) is -2.02. The monoisotopic (exact) mass is 180 g/mol. The maximum absolute atomic E-state index is 10.3. The molecule has 0 aromatic heterocycles. The van der Waals surface area contributed by atoms with Crippen LogP contribution in [-0.4, -0.2) is 17.1 Å². The van der Waals surface area contributed by atoms with Crippen molar-refractivity contribution in [3.8, 4) is 12.1 Å². The van der Waals surface area contributed by atoms with E-state index in [-0.39, 0.29) is 12.8 Å². The van der Waals surface area contributed by atoms with Gasteiger partial charge in [-0.05, 0) is 12.8 Å². The molecule has 0 aliphatic rings. The van der Waals surface area contributed by atoms with Crippen molar-refractivity contribution >= 4 is 5.97 Å². The van der Waals surface area contributed by atoms with E-state index in [1.165, 1.54) is 0 Å². The van der Waals surface area contributed by atoms with Gasteiger partial charge in [-0.25, -0.2) is 10.3 Å². The van der Waals surface area contributed by atoms with Gasteiger partial charge in [-0.1, -0.05) is 0 Å². The fourth-order valence-corrected chi connectivity index (χ4v) is 0.726. The van der Waals surface area contributed by atoms with E-state index in [1.54, 1.807) is 12.1 Å². The fourth-order valence-electron chi connectivity index (χ4n) is 0.726. The Bertz CT molecular complexity index is 261. The van der Waals surface area contributed by atoms with Gasteiger partial charge in [-0.3, -0.25) is 0 Å². The van der Waals surface area contributed by atoms with Gasteiger partial charge >= 0.3 is 5.97 Å². The molecule has 0 saturated heterocycles. The number of hydrogen-bond acceptors (Lipinski definition) is 5. The number of rotatable bonds is 5. The van der Waals surface area contributed by atoms with Crippen LogP contribution in [-0.2, 0) is 4.79 Å². The van der Waals surface area contributed by atoms with E-state index >= 15 is 0 Å². The van der Waals surface area contributed by atoms with Gasteiger partial charge in [-0.15, -0.1) is 0 Å². The first-order chi connectivity index (χ1) is 6.15. The molecule has 1 unspecified atom stereocenters. The summed E-state index contributed by atoms with van der Waals surface area (Å²) < 4.78 is 0. The Morgan fingerprint density at radius 3 is 2.31 bits per heavy atom. The second kappa shape index (κ2) is 5.67. The summed E-state index contributed by atoms with van der Waals surface area (Å²) in [6, 6.07) is 2.29. The zero-order valence-electron chi connectivity index (χ0n) is 6.77. The first kappa shape index (κ1) is 11.1. The Morgan fingerprint density at radius 2 is 2.00 bits per heavy atom. The van der Waals surface area contributed by atoms with E-state index in [0.717, 1.165) is 0 Å². The van der Waals surface area contributed by atoms with Crippen LogP contribution in [0.5, 0.6) is 0 Å². The van der Waals surface area contributed by atoms with Crippen molar-refractivity contribution in [3.63, 3.8) is 0 Å². The molecule has 0 fully saturated rings. The molecule has 1 atom stereocenters. The number of nitriles is 2. The van der Waals surface area contributed by atoms with E-state index < -0.39 is 17.9 Å². The standard InChI is InChI=1S/C7H8N4O2/c8-3-5(4-9)1-2-6(11-10)7(12)13/h5-6,10H,1-2H2,(H,12,13). The SMILES string of the molecule is N#CC(C#N)CCC(N=N)C(=O)O. The summed E-state index contributed by atoms with van der Waals surface area (Å²) in [4.78, 5) is 10.3. The Morgan fingerprint density at radius 1 is 1.46 bits per heavy atom. The van der Waals surface area contributed by atoms with Crippen LogP contribution in [0.1, 0.15) is 12.8 Å². The number of carbonyl (C=O) groups is 1. The Balaban J connectivity index is 4.01. The Hall–Kier alpha value is -1.95. The zero-order valence-corrected chi connectivity index (χ0v) is 6.77. The third kappa shape index (κ3) is 3.82. The summed E-state index contributed by atoms with van der Waals surface area (Å²) in [5, 5.41) is 28.0. The molecule has 0 heterocycles. The molecule has 68 valence electrons. The molecule has 0 radical (unpaired) electrons. The zero-order chi connectivity index (χ0) is 10.3. The Kier molecular flexibility index (Phi) is 4.82. The quantitative estimate of drug-likeness (QED) is 0.610. The van der Waals surface area contributed by atoms with Crippen molar-refractivity contribution < 1.29 is 9.90 Å². The second-order valence-electron chi connectivity index (χ2n) is 2.37. The Labute approximate surface area is 74.9 Å². The lowest BCUT2D eigenvalue weighted by atomic mass is 10.0. The lowest BCUT2D eigenvalue weighted by molar-refractivity contribution is -0.138. The molecule has 0 spiro atoms. The van der Waals surface area contributed by atoms with Crippen LogP contribution < -0.4 is 0 Å². The van der Waals surface area contributed by atoms with E-state index in [9.17, 15) is 4.79 Å². The van der Waals surface area contributed by atoms with Crippen LogP contribution in [0.3, 0.4) is 0 Å². The van der Waals surface area contributed by atoms with Crippen LogP contribution in [0.4, 0.5) is 0 Å². The highest BCUT2D eigenvalue weighted by Gasteiger charge is 2.18. The van der Waals surface area contributed by atoms with Gasteiger partial charge < -0.3 is 5.11 Å². The summed E-state index contributed by atoms with van der Waals surface area (Å²) in [7, 11) is 0. The highest BCUT2D eigenvalue weighted by molar-refractivity contribution is 5.73. The molecule has 0 bridgehead atoms. The molecule has 0 aromatic carbocycles. The highest BCUT2D eigenvalue weighted by Crippen LogP contribution is 2.09. The minimum absolute atomic E-state index is 0.0463. The van der Waals surface area contributed by atoms with E-state index in [1.807, 2.05) is 0 Å². The fraction of sp³-hybridized carbons (Fsp3) is 0.571. The topological polar surface area (TPSA) is 121 Å². The molecule has 6 heteroatoms. The van der Waals surface area contributed by atoms with Crippen molar-refractivity contribution in [2.75, 3.05) is 0 Å². The van der Waals surface area contributed by atoms with Gasteiger partial charge in [0.25, 0.3) is 0 Å². The summed E-state index contributed by atoms with van der Waals surface area (Å²) in [6.07, 6.45) is 0.178. The van der Waals surface area contributed by atoms with E-state index in [4.69, 9.17) is 21.2 Å². The lowest BCUT2D eigenvalue weighted by Crippen LogP contribution is -2.17. The molecule has 0 aliphatic heterocycles. The van der Waals surface area contributed by atoms with Crippen molar-refractivity contribution in [1.29, 1.82) is 16.1 Å². The highest BCUT2D eigenvalue weighted by atomic mass is 16.4. The predicted octanol–water partition coefficient (Wildman–Crippen LogP) is 0.914. The molecule has 2 N–H and O–H groups in total. The summed E-state index contributed by atoms with van der Waals surface area (Å²) >= 11 is 0. The maximum atomic E-state index is 10.3. The van der Waals surface area contributed by atoms with Gasteiger partial charge in [0, 0.05) is 0 Å². The molecular formula is C7H8N4O2. The van der Waals surface area contributed by atoms with Crippen LogP contribution in [0.25, 0.3) is 0 Å². The third-order valence-corrected chi connectivity index (χ3v) is 1.48. The molecule has 0 amide bonds. The van der Waals surface area contributed by atoms with Crippen LogP contribution >= 0.6 is 0 Å². The number of aliphatic carboxylic acids is 1. The minimum atomic E-state index is -1.20. The molecule has 13 heavy (non-hydrogen) atoms. The normalized spacial score (nSPS) is 11.3. The molecular weight excluding hydrogens is 172 g/mol. The molecule has 0 saturated carbocycles. The van der Waals surface area contributed by atoms with Gasteiger partial charge in [-0.2, -0.15) is 15.6 Å². The first-order valence-electron chi connectivity index (χ1n) is 3.54. The van der Waals surface area contributed by atoms with Crippen LogP contribution in [0.15, 0.2) is 5.11 Å². The van der Waals surface area contributed by atoms with Gasteiger partial charge in [0.15, 0.2) is 6.04 Å². The van der Waals surface area contributed by atoms with E-state index in [0.29, 0.717) is 0 Å². The largest absolute Gasteiger partial charge is 0.480 e. The second-order valence-corrected chi connectivity index (χ2v) is 2.37. The average Bonchev–Trinajstić information content (AvgIpc) is 2.12. The number of carboxylic acids is 1. The number of nitrogens with zero attached hydrogens (tertiary/aromatic N) is 3. The predicted molar refractivity (Wildman–Crippen MR) is 40.5 cm³/mol. The van der Waals surface area contributed by atoms with Crippen molar-refractivity contribution in [3.05, 3.63) is 0 Å². The number of nitrogens with one attached hydrogen (secondary N) is 1.